The van der Waals surface area contributed by atoms with Gasteiger partial charge in [-0.25, -0.2) is 15.0 Å². The number of fused-ring (bicyclic) bond motifs is 1. The Labute approximate surface area is 307 Å². The number of carboxylic acid groups (broad SMARTS) is 1. The van der Waals surface area contributed by atoms with Crippen LogP contribution in [0.4, 0.5) is 43.8 Å². The van der Waals surface area contributed by atoms with Gasteiger partial charge in [-0.05, 0) is 56.2 Å². The number of nitrogens with one attached hydrogen (secondary N) is 3. The third-order valence-corrected chi connectivity index (χ3v) is 9.10. The second-order valence-electron chi connectivity index (χ2n) is 12.9. The van der Waals surface area contributed by atoms with E-state index in [1.54, 1.807) is 0 Å². The minimum atomic E-state index is -5.77. The molecule has 3 aromatic rings. The Balaban J connectivity index is 0.000000467. The van der Waals surface area contributed by atoms with Crippen LogP contribution in [-0.2, 0) is 32.0 Å². The Morgan fingerprint density at radius 3 is 2.20 bits per heavy atom. The molecule has 54 heavy (non-hydrogen) atoms. The number of benzene rings is 1. The monoisotopic (exact) mass is 765 g/mol. The molecule has 1 saturated heterocycles. The van der Waals surface area contributed by atoms with Crippen LogP contribution in [0.3, 0.4) is 0 Å². The molecule has 1 aromatic carbocycles. The van der Waals surface area contributed by atoms with Gasteiger partial charge in [0.05, 0.1) is 12.0 Å². The highest BCUT2D eigenvalue weighted by Crippen LogP contribution is 2.33. The maximum atomic E-state index is 12.7. The van der Waals surface area contributed by atoms with Gasteiger partial charge < -0.3 is 26.0 Å². The number of aromatic nitrogens is 3. The molecule has 1 amide bonds. The Morgan fingerprint density at radius 2 is 1.61 bits per heavy atom. The summed E-state index contributed by atoms with van der Waals surface area (Å²) in [7, 11) is 0. The molecule has 12 nitrogen and oxygen atoms in total. The number of carboxylic acids is 1. The van der Waals surface area contributed by atoms with Crippen LogP contribution in [0.1, 0.15) is 73.9 Å². The summed E-state index contributed by atoms with van der Waals surface area (Å²) in [5, 5.41) is 19.4. The highest BCUT2D eigenvalue weighted by Gasteiger charge is 2.54. The maximum Gasteiger partial charge on any atom is 0.458 e. The van der Waals surface area contributed by atoms with Gasteiger partial charge in [0.1, 0.15) is 23.8 Å². The van der Waals surface area contributed by atoms with Crippen molar-refractivity contribution in [3.8, 4) is 0 Å². The van der Waals surface area contributed by atoms with Gasteiger partial charge >= 0.3 is 29.9 Å². The number of piperidine rings is 1. The number of carbonyl (C=O) groups is 4. The lowest BCUT2D eigenvalue weighted by molar-refractivity contribution is -0.193. The fourth-order valence-corrected chi connectivity index (χ4v) is 6.18. The SMILES string of the molecule is CCc1c(NC[C@H](CC(=O)N[C@@H](C)c2ccccc2)C(=O)O)ncnc1N1CCC(c2ccc3c(n2)NCCC3)CC1.O=C(C(=O)C(F)(F)F)C(F)(F)F. The first-order valence-electron chi connectivity index (χ1n) is 17.4. The van der Waals surface area contributed by atoms with E-state index >= 15 is 0 Å². The molecular formula is C36H41F6N7O5. The molecule has 0 saturated carbocycles. The van der Waals surface area contributed by atoms with E-state index in [9.17, 15) is 50.6 Å². The Hall–Kier alpha value is -5.29. The van der Waals surface area contributed by atoms with E-state index in [1.165, 1.54) is 11.9 Å². The molecule has 0 spiro atoms. The van der Waals surface area contributed by atoms with Crippen molar-refractivity contribution in [1.82, 2.24) is 20.3 Å². The first-order chi connectivity index (χ1) is 25.5. The minimum absolute atomic E-state index is 0.0893. The van der Waals surface area contributed by atoms with E-state index in [0.29, 0.717) is 18.2 Å². The number of alkyl halides is 6. The van der Waals surface area contributed by atoms with Gasteiger partial charge in [-0.3, -0.25) is 19.2 Å². The summed E-state index contributed by atoms with van der Waals surface area (Å²) in [6, 6.07) is 13.8. The van der Waals surface area contributed by atoms with Crippen molar-refractivity contribution in [2.45, 2.75) is 76.7 Å². The van der Waals surface area contributed by atoms with Crippen molar-refractivity contribution in [1.29, 1.82) is 0 Å². The number of pyridine rings is 1. The molecule has 5 rings (SSSR count). The third-order valence-electron chi connectivity index (χ3n) is 9.10. The van der Waals surface area contributed by atoms with Gasteiger partial charge in [-0.2, -0.15) is 26.3 Å². The molecule has 292 valence electrons. The standard InChI is InChI=1S/C32H41N7O3.C4F6O2/c1-3-26-30(34-19-25(32(41)42)18-28(40)37-21(2)22-8-5-4-6-9-22)35-20-36-31(26)39-16-13-23(14-17-39)27-12-11-24-10-7-15-33-29(24)38-27;5-3(6,7)1(11)2(12)4(8,9)10/h4-6,8-9,11-12,20-21,23,25H,3,7,10,13-19H2,1-2H3,(H,33,38)(H,37,40)(H,41,42)(H,34,35,36);/t21-,25-;/m0./s1. The number of hydrogen-bond acceptors (Lipinski definition) is 10. The summed E-state index contributed by atoms with van der Waals surface area (Å²) >= 11 is 0. The molecule has 2 aromatic heterocycles. The van der Waals surface area contributed by atoms with Crippen molar-refractivity contribution >= 4 is 40.9 Å². The van der Waals surface area contributed by atoms with Crippen LogP contribution in [0.15, 0.2) is 48.8 Å². The summed E-state index contributed by atoms with van der Waals surface area (Å²) in [5.74, 6) is -6.07. The van der Waals surface area contributed by atoms with Gasteiger partial charge in [-0.1, -0.05) is 43.3 Å². The van der Waals surface area contributed by atoms with Gasteiger partial charge in [0.15, 0.2) is 0 Å². The number of nitrogens with zero attached hydrogens (tertiary/aromatic N) is 4. The summed E-state index contributed by atoms with van der Waals surface area (Å²) in [5.41, 5.74) is 4.39. The topological polar surface area (TPSA) is 167 Å². The van der Waals surface area contributed by atoms with Crippen LogP contribution in [0.2, 0.25) is 0 Å². The second kappa shape index (κ2) is 18.2. The molecule has 18 heteroatoms. The average Bonchev–Trinajstić information content (AvgIpc) is 3.15. The third kappa shape index (κ3) is 11.1. The maximum absolute atomic E-state index is 12.7. The quantitative estimate of drug-likeness (QED) is 0.130. The van der Waals surface area contributed by atoms with Crippen molar-refractivity contribution in [3.63, 3.8) is 0 Å². The first kappa shape index (κ1) is 41.5. The van der Waals surface area contributed by atoms with Crippen LogP contribution >= 0.6 is 0 Å². The second-order valence-corrected chi connectivity index (χ2v) is 12.9. The zero-order valence-electron chi connectivity index (χ0n) is 29.6. The number of anilines is 3. The normalized spacial score (nSPS) is 15.7. The molecule has 0 bridgehead atoms. The van der Waals surface area contributed by atoms with E-state index in [-0.39, 0.29) is 24.9 Å². The lowest BCUT2D eigenvalue weighted by Gasteiger charge is -2.34. The number of carbonyl (C=O) groups excluding carboxylic acids is 3. The smallest absolute Gasteiger partial charge is 0.458 e. The van der Waals surface area contributed by atoms with E-state index in [4.69, 9.17) is 4.98 Å². The molecule has 0 aliphatic carbocycles. The number of aryl methyl sites for hydroxylation is 1. The van der Waals surface area contributed by atoms with Crippen molar-refractivity contribution in [2.24, 2.45) is 5.92 Å². The zero-order chi connectivity index (χ0) is 39.6. The summed E-state index contributed by atoms with van der Waals surface area (Å²) < 4.78 is 67.0. The average molecular weight is 766 g/mol. The molecule has 4 heterocycles. The predicted molar refractivity (Wildman–Crippen MR) is 186 cm³/mol. The largest absolute Gasteiger partial charge is 0.481 e. The molecule has 2 atom stereocenters. The number of ketones is 2. The predicted octanol–water partition coefficient (Wildman–Crippen LogP) is 5.81. The highest BCUT2D eigenvalue weighted by atomic mass is 19.4. The fourth-order valence-electron chi connectivity index (χ4n) is 6.18. The molecule has 0 unspecified atom stereocenters. The Kier molecular flexibility index (Phi) is 13.9. The fraction of sp³-hybridized carbons (Fsp3) is 0.472. The van der Waals surface area contributed by atoms with Crippen LogP contribution < -0.4 is 20.9 Å². The van der Waals surface area contributed by atoms with Gasteiger partial charge in [0.2, 0.25) is 5.91 Å². The van der Waals surface area contributed by atoms with Crippen LogP contribution in [0.5, 0.6) is 0 Å². The Bertz CT molecular complexity index is 1760. The lowest BCUT2D eigenvalue weighted by Crippen LogP contribution is -2.39. The molecule has 0 radical (unpaired) electrons. The van der Waals surface area contributed by atoms with Crippen molar-refractivity contribution in [2.75, 3.05) is 41.7 Å². The molecule has 2 aliphatic rings. The number of rotatable bonds is 12. The zero-order valence-corrected chi connectivity index (χ0v) is 29.6. The van der Waals surface area contributed by atoms with E-state index in [2.05, 4.69) is 49.9 Å². The molecule has 4 N–H and O–H groups in total. The minimum Gasteiger partial charge on any atom is -0.481 e. The number of aliphatic carboxylic acids is 1. The van der Waals surface area contributed by atoms with Crippen LogP contribution in [0.25, 0.3) is 0 Å². The summed E-state index contributed by atoms with van der Waals surface area (Å²) in [6.07, 6.45) is -5.22. The van der Waals surface area contributed by atoms with Gasteiger partial charge in [-0.15, -0.1) is 0 Å². The van der Waals surface area contributed by atoms with Crippen LogP contribution in [0, 0.1) is 5.92 Å². The first-order valence-corrected chi connectivity index (χ1v) is 17.4. The highest BCUT2D eigenvalue weighted by molar-refractivity contribution is 6.41. The van der Waals surface area contributed by atoms with Gasteiger partial charge in [0, 0.05) is 49.8 Å². The van der Waals surface area contributed by atoms with E-state index in [0.717, 1.165) is 73.8 Å². The molecule has 1 fully saturated rings. The lowest BCUT2D eigenvalue weighted by atomic mass is 9.92. The van der Waals surface area contributed by atoms with Gasteiger partial charge in [0.25, 0.3) is 0 Å². The number of halogens is 6. The number of hydrogen-bond donors (Lipinski definition) is 4. The van der Waals surface area contributed by atoms with Crippen molar-refractivity contribution in [3.05, 3.63) is 71.2 Å². The molecular weight excluding hydrogens is 724 g/mol. The Morgan fingerprint density at radius 1 is 0.963 bits per heavy atom. The van der Waals surface area contributed by atoms with E-state index < -0.39 is 35.8 Å². The molecule has 2 aliphatic heterocycles. The van der Waals surface area contributed by atoms with Crippen molar-refractivity contribution < 1.29 is 50.6 Å². The number of amides is 1. The van der Waals surface area contributed by atoms with Crippen LogP contribution in [-0.4, -0.2) is 82.0 Å². The van der Waals surface area contributed by atoms with E-state index in [1.807, 2.05) is 37.3 Å². The summed E-state index contributed by atoms with van der Waals surface area (Å²) in [6.45, 7) is 6.74. The summed E-state index contributed by atoms with van der Waals surface area (Å²) in [4.78, 5) is 60.3. The number of Topliss-reactive ketones (excluding diaryl/α,β-unsaturated/α-hetero) is 2.